The van der Waals surface area contributed by atoms with Crippen molar-refractivity contribution in [3.05, 3.63) is 118 Å². The zero-order valence-electron chi connectivity index (χ0n) is 25.2. The third-order valence-electron chi connectivity index (χ3n) is 6.58. The fraction of sp³-hybridized carbons (Fsp3) is 0.382. The quantitative estimate of drug-likeness (QED) is 0.279. The summed E-state index contributed by atoms with van der Waals surface area (Å²) in [6.07, 6.45) is 11.1. The Morgan fingerprint density at radius 1 is 1.12 bits per heavy atom. The van der Waals surface area contributed by atoms with E-state index < -0.39 is 17.5 Å². The zero-order valence-corrected chi connectivity index (χ0v) is 26.8. The first-order valence-corrected chi connectivity index (χ1v) is 15.5. The molecule has 0 amide bonds. The minimum atomic E-state index is -0.736. The Labute approximate surface area is 254 Å². The molecule has 0 N–H and O–H groups in total. The summed E-state index contributed by atoms with van der Waals surface area (Å²) in [7, 11) is 0. The highest BCUT2D eigenvalue weighted by Crippen LogP contribution is 2.62. The lowest BCUT2D eigenvalue weighted by Gasteiger charge is -2.60. The maximum atomic E-state index is 13.6. The van der Waals surface area contributed by atoms with Crippen LogP contribution in [-0.4, -0.2) is 4.98 Å². The van der Waals surface area contributed by atoms with Gasteiger partial charge in [-0.15, -0.1) is 11.8 Å². The monoisotopic (exact) mass is 604 g/mol. The molecular weight excluding hydrogens is 561 g/mol. The number of benzene rings is 1. The second kappa shape index (κ2) is 18.7. The standard InChI is InChI=1S/C22H24ClFN2.C8H8F2S.2C2H6/c1-4-6-13-22(12-5-2)16(3)26(17-10-11-19(24)18(23)15-17)21(22)20-9-7-8-14-25-20;1-2-11-6-3-4-7(9)8(10)5-6;2*1-2/h4,6-11,14-15,21H,3,5,12-13H2,1-2H3;2,5H,1,3-4H2;2*1-2H3. The van der Waals surface area contributed by atoms with Crippen LogP contribution in [0.5, 0.6) is 0 Å². The van der Waals surface area contributed by atoms with Crippen LogP contribution < -0.4 is 4.90 Å². The number of thioether (sulfide) groups is 1. The number of anilines is 1. The van der Waals surface area contributed by atoms with E-state index in [1.54, 1.807) is 17.5 Å². The fourth-order valence-corrected chi connectivity index (χ4v) is 5.64. The van der Waals surface area contributed by atoms with E-state index in [4.69, 9.17) is 11.6 Å². The molecule has 2 aromatic rings. The third-order valence-corrected chi connectivity index (χ3v) is 7.66. The Balaban J connectivity index is 0.000000468. The van der Waals surface area contributed by atoms with Crippen molar-refractivity contribution in [3.63, 3.8) is 0 Å². The molecule has 41 heavy (non-hydrogen) atoms. The molecule has 1 aliphatic heterocycles. The zero-order chi connectivity index (χ0) is 31.0. The van der Waals surface area contributed by atoms with Gasteiger partial charge in [-0.25, -0.2) is 13.2 Å². The summed E-state index contributed by atoms with van der Waals surface area (Å²) in [5.41, 5.74) is 2.80. The highest BCUT2D eigenvalue weighted by atomic mass is 35.5. The summed E-state index contributed by atoms with van der Waals surface area (Å²) in [6.45, 7) is 20.1. The maximum Gasteiger partial charge on any atom is 0.155 e. The summed E-state index contributed by atoms with van der Waals surface area (Å²) in [5.74, 6) is -1.79. The number of pyridine rings is 1. The van der Waals surface area contributed by atoms with E-state index >= 15 is 0 Å². The molecule has 4 rings (SSSR count). The van der Waals surface area contributed by atoms with Crippen molar-refractivity contribution in [2.24, 2.45) is 5.41 Å². The number of hydrogen-bond donors (Lipinski definition) is 0. The molecule has 7 heteroatoms. The van der Waals surface area contributed by atoms with E-state index in [1.807, 2.05) is 52.9 Å². The van der Waals surface area contributed by atoms with Gasteiger partial charge in [-0.3, -0.25) is 4.98 Å². The van der Waals surface area contributed by atoms with Gasteiger partial charge in [0.1, 0.15) is 11.6 Å². The molecule has 224 valence electrons. The van der Waals surface area contributed by atoms with Gasteiger partial charge in [0.05, 0.1) is 16.8 Å². The van der Waals surface area contributed by atoms with Crippen LogP contribution in [0.2, 0.25) is 5.02 Å². The topological polar surface area (TPSA) is 16.1 Å². The molecule has 0 saturated carbocycles. The first-order valence-electron chi connectivity index (χ1n) is 14.3. The van der Waals surface area contributed by atoms with Gasteiger partial charge in [0.25, 0.3) is 0 Å². The smallest absolute Gasteiger partial charge is 0.155 e. The van der Waals surface area contributed by atoms with E-state index in [-0.39, 0.29) is 22.9 Å². The van der Waals surface area contributed by atoms with E-state index in [2.05, 4.69) is 48.2 Å². The van der Waals surface area contributed by atoms with Crippen LogP contribution in [0.1, 0.15) is 85.4 Å². The summed E-state index contributed by atoms with van der Waals surface area (Å²) >= 11 is 7.38. The van der Waals surface area contributed by atoms with E-state index in [9.17, 15) is 13.2 Å². The lowest BCUT2D eigenvalue weighted by atomic mass is 9.62. The number of halogens is 4. The van der Waals surface area contributed by atoms with Crippen LogP contribution in [0.15, 0.2) is 102 Å². The van der Waals surface area contributed by atoms with Crippen LogP contribution in [0.25, 0.3) is 0 Å². The molecule has 0 spiro atoms. The summed E-state index contributed by atoms with van der Waals surface area (Å²) in [4.78, 5) is 7.60. The number of rotatable bonds is 8. The molecule has 2 heterocycles. The summed E-state index contributed by atoms with van der Waals surface area (Å²) < 4.78 is 38.6. The second-order valence-corrected chi connectivity index (χ2v) is 10.4. The first kappa shape index (κ1) is 36.3. The number of aromatic nitrogens is 1. The molecule has 2 unspecified atom stereocenters. The summed E-state index contributed by atoms with van der Waals surface area (Å²) in [6, 6.07) is 10.9. The Morgan fingerprint density at radius 2 is 1.83 bits per heavy atom. The van der Waals surface area contributed by atoms with Gasteiger partial charge >= 0.3 is 0 Å². The molecule has 1 saturated heterocycles. The Hall–Kier alpha value is -2.70. The van der Waals surface area contributed by atoms with Gasteiger partial charge < -0.3 is 4.90 Å². The van der Waals surface area contributed by atoms with Gasteiger partial charge in [-0.1, -0.05) is 84.0 Å². The minimum Gasteiger partial charge on any atom is -0.335 e. The largest absolute Gasteiger partial charge is 0.335 e. The van der Waals surface area contributed by atoms with Gasteiger partial charge in [0.2, 0.25) is 0 Å². The van der Waals surface area contributed by atoms with Crippen molar-refractivity contribution in [1.82, 2.24) is 4.98 Å². The lowest BCUT2D eigenvalue weighted by Crippen LogP contribution is -2.56. The molecular formula is C34H44ClF3N2S. The average Bonchev–Trinajstić information content (AvgIpc) is 3.00. The van der Waals surface area contributed by atoms with E-state index in [1.165, 1.54) is 23.9 Å². The molecule has 1 fully saturated rings. The average molecular weight is 605 g/mol. The van der Waals surface area contributed by atoms with Crippen molar-refractivity contribution in [2.45, 2.75) is 79.7 Å². The molecule has 1 aliphatic carbocycles. The fourth-order valence-electron chi connectivity index (χ4n) is 4.86. The summed E-state index contributed by atoms with van der Waals surface area (Å²) in [5, 5.41) is 1.74. The molecule has 2 atom stereocenters. The SMILES string of the molecule is C=C1N(c2ccc(F)c(Cl)c2)C(c2ccccn2)C1(CC=CC)CCC.C=CSC1=CC(F)=C(F)CC1.CC.CC. The number of allylic oxidation sites excluding steroid dienone is 6. The molecule has 1 aromatic carbocycles. The number of nitrogens with zero attached hydrogens (tertiary/aromatic N) is 2. The van der Waals surface area contributed by atoms with Gasteiger partial charge in [-0.2, -0.15) is 0 Å². The molecule has 0 radical (unpaired) electrons. The Morgan fingerprint density at radius 3 is 2.37 bits per heavy atom. The Kier molecular flexibility index (Phi) is 16.5. The molecule has 2 aliphatic rings. The third kappa shape index (κ3) is 9.14. The van der Waals surface area contributed by atoms with Crippen LogP contribution in [0, 0.1) is 11.2 Å². The van der Waals surface area contributed by atoms with Crippen molar-refractivity contribution < 1.29 is 13.2 Å². The van der Waals surface area contributed by atoms with Crippen molar-refractivity contribution >= 4 is 29.1 Å². The first-order chi connectivity index (χ1) is 19.8. The van der Waals surface area contributed by atoms with Gasteiger partial charge in [-0.05, 0) is 72.9 Å². The molecule has 0 bridgehead atoms. The van der Waals surface area contributed by atoms with E-state index in [0.717, 1.165) is 41.2 Å². The Bertz CT molecular complexity index is 1210. The predicted molar refractivity (Wildman–Crippen MR) is 174 cm³/mol. The van der Waals surface area contributed by atoms with Crippen LogP contribution in [-0.2, 0) is 0 Å². The van der Waals surface area contributed by atoms with Crippen molar-refractivity contribution in [1.29, 1.82) is 0 Å². The van der Waals surface area contributed by atoms with Crippen LogP contribution in [0.3, 0.4) is 0 Å². The maximum absolute atomic E-state index is 13.6. The molecule has 2 nitrogen and oxygen atoms in total. The highest BCUT2D eigenvalue weighted by Gasteiger charge is 2.56. The highest BCUT2D eigenvalue weighted by molar-refractivity contribution is 8.05. The van der Waals surface area contributed by atoms with Crippen molar-refractivity contribution in [2.75, 3.05) is 4.90 Å². The van der Waals surface area contributed by atoms with Gasteiger partial charge in [0, 0.05) is 29.4 Å². The lowest BCUT2D eigenvalue weighted by molar-refractivity contribution is 0.171. The normalized spacial score (nSPS) is 19.6. The van der Waals surface area contributed by atoms with Crippen molar-refractivity contribution in [3.8, 4) is 0 Å². The second-order valence-electron chi connectivity index (χ2n) is 8.90. The number of hydrogen-bond acceptors (Lipinski definition) is 3. The minimum absolute atomic E-state index is 0.0499. The van der Waals surface area contributed by atoms with Gasteiger partial charge in [0.15, 0.2) is 5.83 Å². The van der Waals surface area contributed by atoms with Crippen LogP contribution in [0.4, 0.5) is 18.9 Å². The molecule has 1 aromatic heterocycles. The van der Waals surface area contributed by atoms with Crippen LogP contribution >= 0.6 is 23.4 Å². The predicted octanol–water partition coefficient (Wildman–Crippen LogP) is 12.4. The van der Waals surface area contributed by atoms with E-state index in [0.29, 0.717) is 6.42 Å².